The van der Waals surface area contributed by atoms with E-state index in [0.29, 0.717) is 29.8 Å². The summed E-state index contributed by atoms with van der Waals surface area (Å²) >= 11 is 0. The molecule has 0 unspecified atom stereocenters. The Morgan fingerprint density at radius 3 is 2.52 bits per heavy atom. The average Bonchev–Trinajstić information content (AvgIpc) is 3.64. The number of benzene rings is 1. The van der Waals surface area contributed by atoms with E-state index in [1.807, 2.05) is 12.2 Å². The molecule has 1 aliphatic carbocycles. The van der Waals surface area contributed by atoms with Gasteiger partial charge in [-0.1, -0.05) is 45.3 Å². The lowest BCUT2D eigenvalue weighted by molar-refractivity contribution is -0.141. The molecule has 228 valence electrons. The standard InChI is InChI=1S/C33H46N4O5/c1-21-9-7-10-25(22(21)2)35-31(39)29-33-16-15-26(42-33)27(30(38)34-23-11-13-24(41-3)14-12-23)28(33)32(40)37(29)20-8-19-36-17-5-4-6-18-36/h11-16,21-22,25-29H,4-10,17-20H2,1-3H3,(H,34,38)(H,35,39)/t21-,22+,25+,26+,27-,28+,29+,33+/m0/s1. The number of hydrogen-bond acceptors (Lipinski definition) is 6. The Morgan fingerprint density at radius 1 is 1.02 bits per heavy atom. The van der Waals surface area contributed by atoms with Gasteiger partial charge in [-0.3, -0.25) is 14.4 Å². The number of anilines is 1. The molecule has 42 heavy (non-hydrogen) atoms. The first-order valence-corrected chi connectivity index (χ1v) is 16.0. The number of nitrogens with one attached hydrogen (secondary N) is 2. The Hall–Kier alpha value is -2.91. The lowest BCUT2D eigenvalue weighted by Crippen LogP contribution is -2.58. The largest absolute Gasteiger partial charge is 0.497 e. The third kappa shape index (κ3) is 5.23. The van der Waals surface area contributed by atoms with Crippen molar-refractivity contribution in [2.75, 3.05) is 38.6 Å². The topological polar surface area (TPSA) is 100 Å². The van der Waals surface area contributed by atoms with E-state index in [-0.39, 0.29) is 23.8 Å². The van der Waals surface area contributed by atoms with Crippen molar-refractivity contribution in [2.24, 2.45) is 23.7 Å². The van der Waals surface area contributed by atoms with Crippen LogP contribution in [0.5, 0.6) is 5.75 Å². The van der Waals surface area contributed by atoms with Crippen LogP contribution in [0.2, 0.25) is 0 Å². The molecule has 9 heteroatoms. The summed E-state index contributed by atoms with van der Waals surface area (Å²) in [6.07, 6.45) is 10.9. The fourth-order valence-electron chi connectivity index (χ4n) is 8.10. The molecule has 9 nitrogen and oxygen atoms in total. The lowest BCUT2D eigenvalue weighted by atomic mass is 9.73. The maximum absolute atomic E-state index is 14.2. The smallest absolute Gasteiger partial charge is 0.246 e. The van der Waals surface area contributed by atoms with E-state index < -0.39 is 29.6 Å². The highest BCUT2D eigenvalue weighted by Crippen LogP contribution is 2.55. The number of carbonyl (C=O) groups is 3. The van der Waals surface area contributed by atoms with E-state index in [4.69, 9.17) is 9.47 Å². The van der Waals surface area contributed by atoms with Gasteiger partial charge in [-0.15, -0.1) is 0 Å². The maximum atomic E-state index is 14.2. The molecule has 4 fully saturated rings. The minimum absolute atomic E-state index is 0.0683. The Bertz CT molecular complexity index is 1200. The molecule has 1 aromatic rings. The van der Waals surface area contributed by atoms with E-state index >= 15 is 0 Å². The summed E-state index contributed by atoms with van der Waals surface area (Å²) in [5.74, 6) is -0.430. The van der Waals surface area contributed by atoms with Crippen LogP contribution in [-0.4, -0.2) is 84.6 Å². The first-order chi connectivity index (χ1) is 20.3. The monoisotopic (exact) mass is 578 g/mol. The fourth-order valence-corrected chi connectivity index (χ4v) is 8.10. The molecular weight excluding hydrogens is 532 g/mol. The minimum Gasteiger partial charge on any atom is -0.497 e. The maximum Gasteiger partial charge on any atom is 0.246 e. The van der Waals surface area contributed by atoms with E-state index in [9.17, 15) is 14.4 Å². The predicted octanol–water partition coefficient (Wildman–Crippen LogP) is 3.60. The molecule has 6 rings (SSSR count). The first-order valence-electron chi connectivity index (χ1n) is 16.0. The van der Waals surface area contributed by atoms with Gasteiger partial charge in [-0.05, 0) is 81.4 Å². The SMILES string of the molecule is COc1ccc(NC(=O)[C@H]2[C@H]3C=C[C@@]4(O3)[C@H]2C(=O)N(CCCN2CCCCC2)[C@@H]4C(=O)N[C@@H]2CCC[C@H](C)[C@H]2C)cc1. The van der Waals surface area contributed by atoms with Gasteiger partial charge < -0.3 is 29.9 Å². The molecule has 3 saturated heterocycles. The number of fused-ring (bicyclic) bond motifs is 1. The van der Waals surface area contributed by atoms with E-state index in [0.717, 1.165) is 38.9 Å². The van der Waals surface area contributed by atoms with Crippen molar-refractivity contribution in [3.8, 4) is 5.75 Å². The molecule has 5 aliphatic rings. The molecule has 0 aromatic heterocycles. The highest BCUT2D eigenvalue weighted by molar-refractivity contribution is 6.02. The van der Waals surface area contributed by atoms with Crippen LogP contribution in [-0.2, 0) is 19.1 Å². The zero-order valence-electron chi connectivity index (χ0n) is 25.2. The number of amides is 3. The number of rotatable bonds is 9. The van der Waals surface area contributed by atoms with E-state index in [1.165, 1.54) is 25.7 Å². The van der Waals surface area contributed by atoms with Gasteiger partial charge in [0, 0.05) is 18.3 Å². The summed E-state index contributed by atoms with van der Waals surface area (Å²) in [5.41, 5.74) is -0.511. The zero-order valence-corrected chi connectivity index (χ0v) is 25.2. The third-order valence-electron chi connectivity index (χ3n) is 10.6. The minimum atomic E-state index is -1.14. The second kappa shape index (κ2) is 12.0. The summed E-state index contributed by atoms with van der Waals surface area (Å²) < 4.78 is 11.8. The molecule has 0 radical (unpaired) electrons. The second-order valence-electron chi connectivity index (χ2n) is 13.1. The number of likely N-dealkylation sites (tertiary alicyclic amines) is 2. The molecule has 4 heterocycles. The zero-order chi connectivity index (χ0) is 29.4. The molecule has 4 aliphatic heterocycles. The lowest BCUT2D eigenvalue weighted by Gasteiger charge is -2.38. The Morgan fingerprint density at radius 2 is 1.79 bits per heavy atom. The highest BCUT2D eigenvalue weighted by atomic mass is 16.5. The predicted molar refractivity (Wildman–Crippen MR) is 160 cm³/mol. The van der Waals surface area contributed by atoms with Crippen LogP contribution < -0.4 is 15.4 Å². The number of ether oxygens (including phenoxy) is 2. The van der Waals surface area contributed by atoms with Gasteiger partial charge in [0.2, 0.25) is 17.7 Å². The summed E-state index contributed by atoms with van der Waals surface area (Å²) in [6, 6.07) is 6.41. The highest BCUT2D eigenvalue weighted by Gasteiger charge is 2.72. The van der Waals surface area contributed by atoms with Crippen LogP contribution in [0.15, 0.2) is 36.4 Å². The summed E-state index contributed by atoms with van der Waals surface area (Å²) in [6.45, 7) is 8.00. The normalized spacial score (nSPS) is 35.7. The molecule has 2 N–H and O–H groups in total. The van der Waals surface area contributed by atoms with Gasteiger partial charge in [0.15, 0.2) is 0 Å². The molecule has 1 aromatic carbocycles. The number of carbonyl (C=O) groups excluding carboxylic acids is 3. The number of nitrogens with zero attached hydrogens (tertiary/aromatic N) is 2. The number of methoxy groups -OCH3 is 1. The molecular formula is C33H46N4O5. The summed E-state index contributed by atoms with van der Waals surface area (Å²) in [4.78, 5) is 46.3. The molecule has 8 atom stereocenters. The van der Waals surface area contributed by atoms with Crippen LogP contribution in [0.4, 0.5) is 5.69 Å². The van der Waals surface area contributed by atoms with E-state index in [1.54, 1.807) is 36.3 Å². The second-order valence-corrected chi connectivity index (χ2v) is 13.1. The fraction of sp³-hybridized carbons (Fsp3) is 0.667. The number of piperidine rings is 1. The van der Waals surface area contributed by atoms with Crippen molar-refractivity contribution in [1.82, 2.24) is 15.1 Å². The summed E-state index contributed by atoms with van der Waals surface area (Å²) in [7, 11) is 1.60. The average molecular weight is 579 g/mol. The van der Waals surface area contributed by atoms with Crippen molar-refractivity contribution in [3.63, 3.8) is 0 Å². The van der Waals surface area contributed by atoms with Crippen molar-refractivity contribution in [1.29, 1.82) is 0 Å². The van der Waals surface area contributed by atoms with Crippen LogP contribution in [0.25, 0.3) is 0 Å². The Labute approximate surface area is 249 Å². The van der Waals surface area contributed by atoms with Crippen molar-refractivity contribution in [3.05, 3.63) is 36.4 Å². The van der Waals surface area contributed by atoms with E-state index in [2.05, 4.69) is 29.4 Å². The van der Waals surface area contributed by atoms with Gasteiger partial charge in [0.1, 0.15) is 17.4 Å². The van der Waals surface area contributed by atoms with Crippen LogP contribution in [0, 0.1) is 23.7 Å². The summed E-state index contributed by atoms with van der Waals surface area (Å²) in [5, 5.41) is 6.33. The van der Waals surface area contributed by atoms with Crippen LogP contribution in [0.3, 0.4) is 0 Å². The molecule has 1 spiro atoms. The Kier molecular flexibility index (Phi) is 8.33. The first kappa shape index (κ1) is 29.2. The van der Waals surface area contributed by atoms with Crippen molar-refractivity contribution < 1.29 is 23.9 Å². The Balaban J connectivity index is 1.24. The molecule has 3 amide bonds. The van der Waals surface area contributed by atoms with Crippen molar-refractivity contribution >= 4 is 23.4 Å². The molecule has 2 bridgehead atoms. The number of hydrogen-bond donors (Lipinski definition) is 2. The van der Waals surface area contributed by atoms with Crippen LogP contribution in [0.1, 0.15) is 58.8 Å². The van der Waals surface area contributed by atoms with Gasteiger partial charge in [0.25, 0.3) is 0 Å². The van der Waals surface area contributed by atoms with Gasteiger partial charge in [-0.2, -0.15) is 0 Å². The van der Waals surface area contributed by atoms with Gasteiger partial charge in [-0.25, -0.2) is 0 Å². The van der Waals surface area contributed by atoms with Crippen LogP contribution >= 0.6 is 0 Å². The third-order valence-corrected chi connectivity index (χ3v) is 10.6. The van der Waals surface area contributed by atoms with Gasteiger partial charge >= 0.3 is 0 Å². The van der Waals surface area contributed by atoms with Crippen molar-refractivity contribution in [2.45, 2.75) is 82.6 Å². The molecule has 1 saturated carbocycles. The quantitative estimate of drug-likeness (QED) is 0.435. The van der Waals surface area contributed by atoms with Gasteiger partial charge in [0.05, 0.1) is 25.0 Å².